The van der Waals surface area contributed by atoms with Gasteiger partial charge in [-0.1, -0.05) is 32.6 Å². The van der Waals surface area contributed by atoms with E-state index in [2.05, 4.69) is 19.2 Å². The fourth-order valence-electron chi connectivity index (χ4n) is 2.59. The van der Waals surface area contributed by atoms with Crippen LogP contribution in [0.1, 0.15) is 65.2 Å². The van der Waals surface area contributed by atoms with Gasteiger partial charge in [-0.3, -0.25) is 0 Å². The van der Waals surface area contributed by atoms with Gasteiger partial charge in [0.2, 0.25) is 0 Å². The standard InChI is InChI=1S/C15H31NO/c1-3-11-16-14(2)7-5-4-6-8-15-9-12-17-13-10-15/h14-16H,3-13H2,1-2H3. The summed E-state index contributed by atoms with van der Waals surface area (Å²) in [5.74, 6) is 0.958. The van der Waals surface area contributed by atoms with Crippen LogP contribution in [0, 0.1) is 5.92 Å². The first-order valence-corrected chi connectivity index (χ1v) is 7.64. The van der Waals surface area contributed by atoms with E-state index in [1.807, 2.05) is 0 Å². The van der Waals surface area contributed by atoms with Crippen molar-refractivity contribution in [3.05, 3.63) is 0 Å². The van der Waals surface area contributed by atoms with E-state index in [1.165, 1.54) is 57.9 Å². The highest BCUT2D eigenvalue weighted by molar-refractivity contribution is 4.64. The van der Waals surface area contributed by atoms with Gasteiger partial charge in [-0.2, -0.15) is 0 Å². The molecule has 2 nitrogen and oxygen atoms in total. The van der Waals surface area contributed by atoms with E-state index in [9.17, 15) is 0 Å². The Morgan fingerprint density at radius 3 is 2.65 bits per heavy atom. The molecule has 102 valence electrons. The van der Waals surface area contributed by atoms with Crippen LogP contribution in [-0.2, 0) is 4.74 Å². The Labute approximate surface area is 108 Å². The molecular weight excluding hydrogens is 210 g/mol. The highest BCUT2D eigenvalue weighted by atomic mass is 16.5. The molecule has 1 heterocycles. The third-order valence-electron chi connectivity index (χ3n) is 3.83. The first-order valence-electron chi connectivity index (χ1n) is 7.64. The number of hydrogen-bond donors (Lipinski definition) is 1. The fourth-order valence-corrected chi connectivity index (χ4v) is 2.59. The number of hydrogen-bond acceptors (Lipinski definition) is 2. The van der Waals surface area contributed by atoms with Crippen LogP contribution in [-0.4, -0.2) is 25.8 Å². The molecular formula is C15H31NO. The second-order valence-corrected chi connectivity index (χ2v) is 5.55. The highest BCUT2D eigenvalue weighted by Crippen LogP contribution is 2.21. The van der Waals surface area contributed by atoms with Gasteiger partial charge in [0, 0.05) is 19.3 Å². The van der Waals surface area contributed by atoms with E-state index in [1.54, 1.807) is 0 Å². The molecule has 0 radical (unpaired) electrons. The van der Waals surface area contributed by atoms with Gasteiger partial charge >= 0.3 is 0 Å². The lowest BCUT2D eigenvalue weighted by atomic mass is 9.93. The van der Waals surface area contributed by atoms with Crippen molar-refractivity contribution in [1.29, 1.82) is 0 Å². The molecule has 1 saturated heterocycles. The molecule has 1 fully saturated rings. The highest BCUT2D eigenvalue weighted by Gasteiger charge is 2.12. The van der Waals surface area contributed by atoms with E-state index < -0.39 is 0 Å². The smallest absolute Gasteiger partial charge is 0.0468 e. The SMILES string of the molecule is CCCNC(C)CCCCCC1CCOCC1. The maximum Gasteiger partial charge on any atom is 0.0468 e. The van der Waals surface area contributed by atoms with Crippen LogP contribution < -0.4 is 5.32 Å². The van der Waals surface area contributed by atoms with Crippen LogP contribution in [0.5, 0.6) is 0 Å². The van der Waals surface area contributed by atoms with Crippen molar-refractivity contribution in [2.45, 2.75) is 71.3 Å². The van der Waals surface area contributed by atoms with Crippen molar-refractivity contribution in [3.63, 3.8) is 0 Å². The van der Waals surface area contributed by atoms with Gasteiger partial charge in [0.15, 0.2) is 0 Å². The maximum atomic E-state index is 5.39. The summed E-state index contributed by atoms with van der Waals surface area (Å²) in [6.45, 7) is 7.72. The lowest BCUT2D eigenvalue weighted by Gasteiger charge is -2.21. The Bertz CT molecular complexity index is 166. The molecule has 0 amide bonds. The second-order valence-electron chi connectivity index (χ2n) is 5.55. The summed E-state index contributed by atoms with van der Waals surface area (Å²) < 4.78 is 5.39. The minimum atomic E-state index is 0.707. The summed E-state index contributed by atoms with van der Waals surface area (Å²) in [6.07, 6.45) is 10.8. The van der Waals surface area contributed by atoms with Crippen molar-refractivity contribution in [2.24, 2.45) is 5.92 Å². The molecule has 0 aliphatic carbocycles. The largest absolute Gasteiger partial charge is 0.381 e. The van der Waals surface area contributed by atoms with Crippen LogP contribution in [0.15, 0.2) is 0 Å². The van der Waals surface area contributed by atoms with Gasteiger partial charge < -0.3 is 10.1 Å². The van der Waals surface area contributed by atoms with E-state index in [0.29, 0.717) is 6.04 Å². The van der Waals surface area contributed by atoms with Gasteiger partial charge in [-0.25, -0.2) is 0 Å². The summed E-state index contributed by atoms with van der Waals surface area (Å²) >= 11 is 0. The van der Waals surface area contributed by atoms with Crippen LogP contribution >= 0.6 is 0 Å². The Morgan fingerprint density at radius 2 is 1.94 bits per heavy atom. The van der Waals surface area contributed by atoms with E-state index >= 15 is 0 Å². The Balaban J connectivity index is 1.86. The molecule has 0 aromatic rings. The van der Waals surface area contributed by atoms with E-state index in [-0.39, 0.29) is 0 Å². The molecule has 1 aliphatic rings. The molecule has 0 spiro atoms. The van der Waals surface area contributed by atoms with Gasteiger partial charge in [0.25, 0.3) is 0 Å². The first kappa shape index (κ1) is 15.0. The number of nitrogens with one attached hydrogen (secondary N) is 1. The normalized spacial score (nSPS) is 19.4. The molecule has 1 atom stereocenters. The summed E-state index contributed by atoms with van der Waals surface area (Å²) in [6, 6.07) is 0.707. The molecule has 17 heavy (non-hydrogen) atoms. The minimum Gasteiger partial charge on any atom is -0.381 e. The van der Waals surface area contributed by atoms with Crippen LogP contribution in [0.2, 0.25) is 0 Å². The summed E-state index contributed by atoms with van der Waals surface area (Å²) in [5.41, 5.74) is 0. The third kappa shape index (κ3) is 7.77. The average Bonchev–Trinajstić information content (AvgIpc) is 2.37. The zero-order valence-corrected chi connectivity index (χ0v) is 11.8. The molecule has 1 aliphatic heterocycles. The van der Waals surface area contributed by atoms with Crippen molar-refractivity contribution < 1.29 is 4.74 Å². The molecule has 1 unspecified atom stereocenters. The fraction of sp³-hybridized carbons (Fsp3) is 1.00. The van der Waals surface area contributed by atoms with E-state index in [0.717, 1.165) is 19.1 Å². The van der Waals surface area contributed by atoms with Gasteiger partial charge in [-0.05, 0) is 45.1 Å². The Hall–Kier alpha value is -0.0800. The van der Waals surface area contributed by atoms with Crippen LogP contribution in [0.3, 0.4) is 0 Å². The summed E-state index contributed by atoms with van der Waals surface area (Å²) in [5, 5.41) is 3.56. The predicted molar refractivity (Wildman–Crippen MR) is 74.4 cm³/mol. The van der Waals surface area contributed by atoms with Crippen LogP contribution in [0.25, 0.3) is 0 Å². The minimum absolute atomic E-state index is 0.707. The van der Waals surface area contributed by atoms with Crippen molar-refractivity contribution in [1.82, 2.24) is 5.32 Å². The lowest BCUT2D eigenvalue weighted by Crippen LogP contribution is -2.26. The van der Waals surface area contributed by atoms with E-state index in [4.69, 9.17) is 4.74 Å². The van der Waals surface area contributed by atoms with Crippen LogP contribution in [0.4, 0.5) is 0 Å². The second kappa shape index (κ2) is 9.90. The zero-order chi connectivity index (χ0) is 12.3. The Kier molecular flexibility index (Phi) is 8.72. The molecule has 0 aromatic carbocycles. The molecule has 0 aromatic heterocycles. The average molecular weight is 241 g/mol. The van der Waals surface area contributed by atoms with Gasteiger partial charge in [0.05, 0.1) is 0 Å². The number of ether oxygens (including phenoxy) is 1. The first-order chi connectivity index (χ1) is 8.33. The molecule has 2 heteroatoms. The monoisotopic (exact) mass is 241 g/mol. The summed E-state index contributed by atoms with van der Waals surface area (Å²) in [7, 11) is 0. The molecule has 0 saturated carbocycles. The molecule has 1 N–H and O–H groups in total. The zero-order valence-electron chi connectivity index (χ0n) is 11.8. The third-order valence-corrected chi connectivity index (χ3v) is 3.83. The Morgan fingerprint density at radius 1 is 1.18 bits per heavy atom. The molecule has 1 rings (SSSR count). The van der Waals surface area contributed by atoms with Crippen molar-refractivity contribution in [2.75, 3.05) is 19.8 Å². The number of unbranched alkanes of at least 4 members (excludes halogenated alkanes) is 2. The van der Waals surface area contributed by atoms with Crippen molar-refractivity contribution >= 4 is 0 Å². The van der Waals surface area contributed by atoms with Crippen molar-refractivity contribution in [3.8, 4) is 0 Å². The quantitative estimate of drug-likeness (QED) is 0.621. The predicted octanol–water partition coefficient (Wildman–Crippen LogP) is 3.75. The summed E-state index contributed by atoms with van der Waals surface area (Å²) in [4.78, 5) is 0. The lowest BCUT2D eigenvalue weighted by molar-refractivity contribution is 0.0631. The molecule has 0 bridgehead atoms. The topological polar surface area (TPSA) is 21.3 Å². The number of rotatable bonds is 9. The van der Waals surface area contributed by atoms with Gasteiger partial charge in [-0.15, -0.1) is 0 Å². The maximum absolute atomic E-state index is 5.39. The van der Waals surface area contributed by atoms with Gasteiger partial charge in [0.1, 0.15) is 0 Å².